The zero-order valence-electron chi connectivity index (χ0n) is 18.7. The summed E-state index contributed by atoms with van der Waals surface area (Å²) < 4.78 is 5.74. The van der Waals surface area contributed by atoms with Crippen LogP contribution in [0.1, 0.15) is 23.1 Å². The minimum absolute atomic E-state index is 0.0808. The Balaban J connectivity index is 1.37. The van der Waals surface area contributed by atoms with Crippen molar-refractivity contribution in [1.29, 1.82) is 0 Å². The minimum Gasteiger partial charge on any atom is -0.491 e. The van der Waals surface area contributed by atoms with Crippen LogP contribution in [-0.2, 0) is 11.4 Å². The molecule has 172 valence electrons. The molecule has 0 aromatic heterocycles. The molecule has 0 fully saturated rings. The van der Waals surface area contributed by atoms with Crippen LogP contribution >= 0.6 is 11.6 Å². The molecule has 0 spiro atoms. The molecular formula is C27H29ClN2O3. The summed E-state index contributed by atoms with van der Waals surface area (Å²) in [6, 6.07) is 25.6. The Hall–Kier alpha value is -2.86. The van der Waals surface area contributed by atoms with E-state index >= 15 is 0 Å². The van der Waals surface area contributed by atoms with E-state index in [1.54, 1.807) is 0 Å². The van der Waals surface area contributed by atoms with Crippen molar-refractivity contribution in [2.45, 2.75) is 32.1 Å². The van der Waals surface area contributed by atoms with E-state index in [1.807, 2.05) is 54.6 Å². The van der Waals surface area contributed by atoms with Crippen LogP contribution in [0.2, 0.25) is 5.02 Å². The Morgan fingerprint density at radius 3 is 2.64 bits per heavy atom. The van der Waals surface area contributed by atoms with E-state index in [9.17, 15) is 5.11 Å². The summed E-state index contributed by atoms with van der Waals surface area (Å²) in [5, 5.41) is 15.7. The van der Waals surface area contributed by atoms with Gasteiger partial charge in [-0.3, -0.25) is 4.90 Å². The molecule has 3 aromatic rings. The number of ether oxygens (including phenoxy) is 1. The normalized spacial score (nSPS) is 16.4. The van der Waals surface area contributed by atoms with Gasteiger partial charge in [0.2, 0.25) is 0 Å². The van der Waals surface area contributed by atoms with Gasteiger partial charge in [-0.05, 0) is 42.3 Å². The summed E-state index contributed by atoms with van der Waals surface area (Å²) >= 11 is 6.19. The lowest BCUT2D eigenvalue weighted by Crippen LogP contribution is -2.39. The quantitative estimate of drug-likeness (QED) is 0.454. The highest BCUT2D eigenvalue weighted by Crippen LogP contribution is 2.20. The van der Waals surface area contributed by atoms with Crippen molar-refractivity contribution in [3.05, 3.63) is 101 Å². The second-order valence-electron chi connectivity index (χ2n) is 8.44. The Kier molecular flexibility index (Phi) is 8.00. The molecule has 5 nitrogen and oxygen atoms in total. The molecule has 1 N–H and O–H groups in total. The fraction of sp³-hybridized carbons (Fsp3) is 0.296. The predicted molar refractivity (Wildman–Crippen MR) is 132 cm³/mol. The van der Waals surface area contributed by atoms with Crippen molar-refractivity contribution in [3.8, 4) is 5.75 Å². The smallest absolute Gasteiger partial charge is 0.145 e. The molecule has 4 rings (SSSR count). The number of aryl methyl sites for hydroxylation is 1. The maximum absolute atomic E-state index is 10.7. The van der Waals surface area contributed by atoms with E-state index in [0.29, 0.717) is 24.7 Å². The lowest BCUT2D eigenvalue weighted by molar-refractivity contribution is 0.0213. The molecule has 2 atom stereocenters. The number of rotatable bonds is 10. The van der Waals surface area contributed by atoms with Gasteiger partial charge in [0.1, 0.15) is 24.6 Å². The first-order chi connectivity index (χ1) is 16.0. The summed E-state index contributed by atoms with van der Waals surface area (Å²) in [4.78, 5) is 7.93. The SMILES string of the molecule is Cc1ccc(C2=NO[C@@H](CN(Cc3cccc(Cl)c3)C[C@H](O)COc3ccccc3)C2)cc1. The first-order valence-corrected chi connectivity index (χ1v) is 11.6. The highest BCUT2D eigenvalue weighted by Gasteiger charge is 2.26. The maximum atomic E-state index is 10.7. The Labute approximate surface area is 200 Å². The van der Waals surface area contributed by atoms with Gasteiger partial charge in [0.15, 0.2) is 0 Å². The largest absolute Gasteiger partial charge is 0.491 e. The number of aliphatic hydroxyl groups excluding tert-OH is 1. The van der Waals surface area contributed by atoms with Crippen LogP contribution in [0, 0.1) is 6.92 Å². The summed E-state index contributed by atoms with van der Waals surface area (Å²) in [5.74, 6) is 0.744. The van der Waals surface area contributed by atoms with Gasteiger partial charge in [-0.1, -0.05) is 76.9 Å². The van der Waals surface area contributed by atoms with E-state index in [2.05, 4.69) is 41.2 Å². The first kappa shape index (κ1) is 23.3. The maximum Gasteiger partial charge on any atom is 0.145 e. The van der Waals surface area contributed by atoms with Gasteiger partial charge in [0.25, 0.3) is 0 Å². The van der Waals surface area contributed by atoms with Gasteiger partial charge in [0.05, 0.1) is 5.71 Å². The molecule has 33 heavy (non-hydrogen) atoms. The van der Waals surface area contributed by atoms with Gasteiger partial charge in [-0.15, -0.1) is 0 Å². The van der Waals surface area contributed by atoms with E-state index in [0.717, 1.165) is 29.0 Å². The van der Waals surface area contributed by atoms with Crippen LogP contribution in [0.3, 0.4) is 0 Å². The fourth-order valence-corrected chi connectivity index (χ4v) is 4.10. The Morgan fingerprint density at radius 2 is 1.88 bits per heavy atom. The number of para-hydroxylation sites is 1. The zero-order chi connectivity index (χ0) is 23.0. The van der Waals surface area contributed by atoms with Gasteiger partial charge >= 0.3 is 0 Å². The lowest BCUT2D eigenvalue weighted by atomic mass is 10.0. The van der Waals surface area contributed by atoms with Crippen molar-refractivity contribution < 1.29 is 14.7 Å². The van der Waals surface area contributed by atoms with E-state index in [4.69, 9.17) is 21.2 Å². The number of hydrogen-bond acceptors (Lipinski definition) is 5. The summed E-state index contributed by atoms with van der Waals surface area (Å²) in [6.07, 6.45) is -0.00265. The van der Waals surface area contributed by atoms with Gasteiger partial charge in [-0.2, -0.15) is 0 Å². The van der Waals surface area contributed by atoms with Gasteiger partial charge in [-0.25, -0.2) is 0 Å². The van der Waals surface area contributed by atoms with Crippen LogP contribution in [0.25, 0.3) is 0 Å². The molecule has 0 aliphatic carbocycles. The first-order valence-electron chi connectivity index (χ1n) is 11.2. The van der Waals surface area contributed by atoms with Crippen LogP contribution < -0.4 is 4.74 Å². The number of halogens is 1. The van der Waals surface area contributed by atoms with Crippen LogP contribution in [0.5, 0.6) is 5.75 Å². The topological polar surface area (TPSA) is 54.3 Å². The van der Waals surface area contributed by atoms with Crippen molar-refractivity contribution in [3.63, 3.8) is 0 Å². The van der Waals surface area contributed by atoms with Crippen LogP contribution in [-0.4, -0.2) is 47.6 Å². The average Bonchev–Trinajstić information content (AvgIpc) is 3.27. The fourth-order valence-electron chi connectivity index (χ4n) is 3.89. The van der Waals surface area contributed by atoms with E-state index < -0.39 is 6.10 Å². The van der Waals surface area contributed by atoms with Crippen molar-refractivity contribution in [2.24, 2.45) is 5.16 Å². The third-order valence-corrected chi connectivity index (χ3v) is 5.76. The number of hydrogen-bond donors (Lipinski definition) is 1. The molecule has 0 radical (unpaired) electrons. The van der Waals surface area contributed by atoms with Crippen LogP contribution in [0.15, 0.2) is 84.0 Å². The molecule has 6 heteroatoms. The molecular weight excluding hydrogens is 436 g/mol. The molecule has 0 bridgehead atoms. The van der Waals surface area contributed by atoms with Gasteiger partial charge in [0, 0.05) is 31.1 Å². The summed E-state index contributed by atoms with van der Waals surface area (Å²) in [6.45, 7) is 4.00. The molecule has 1 heterocycles. The number of nitrogens with zero attached hydrogens (tertiary/aromatic N) is 2. The molecule has 3 aromatic carbocycles. The van der Waals surface area contributed by atoms with Crippen molar-refractivity contribution in [2.75, 3.05) is 19.7 Å². The molecule has 0 amide bonds. The van der Waals surface area contributed by atoms with Gasteiger partial charge < -0.3 is 14.7 Å². The summed E-state index contributed by atoms with van der Waals surface area (Å²) in [5.41, 5.74) is 4.34. The van der Waals surface area contributed by atoms with Crippen molar-refractivity contribution in [1.82, 2.24) is 4.90 Å². The average molecular weight is 465 g/mol. The lowest BCUT2D eigenvalue weighted by Gasteiger charge is -2.27. The number of aliphatic hydroxyl groups is 1. The Morgan fingerprint density at radius 1 is 1.09 bits per heavy atom. The summed E-state index contributed by atoms with van der Waals surface area (Å²) in [7, 11) is 0. The molecule has 0 unspecified atom stereocenters. The highest BCUT2D eigenvalue weighted by molar-refractivity contribution is 6.30. The predicted octanol–water partition coefficient (Wildman–Crippen LogP) is 5.08. The minimum atomic E-state index is -0.650. The van der Waals surface area contributed by atoms with Crippen LogP contribution in [0.4, 0.5) is 0 Å². The number of benzene rings is 3. The molecule has 1 aliphatic rings. The van der Waals surface area contributed by atoms with E-state index in [-0.39, 0.29) is 12.7 Å². The standard InChI is InChI=1S/C27H29ClN2O3/c1-20-10-12-22(13-11-20)27-15-26(33-29-27)18-30(16-21-6-5-7-23(28)14-21)17-24(31)19-32-25-8-3-2-4-9-25/h2-14,24,26,31H,15-19H2,1H3/t24-,26+/m0/s1. The third kappa shape index (κ3) is 7.06. The monoisotopic (exact) mass is 464 g/mol. The Bertz CT molecular complexity index is 1060. The third-order valence-electron chi connectivity index (χ3n) is 5.53. The molecule has 0 saturated carbocycles. The molecule has 1 aliphatic heterocycles. The van der Waals surface area contributed by atoms with E-state index in [1.165, 1.54) is 5.56 Å². The number of oxime groups is 1. The van der Waals surface area contributed by atoms with Crippen molar-refractivity contribution >= 4 is 17.3 Å². The second kappa shape index (κ2) is 11.3. The zero-order valence-corrected chi connectivity index (χ0v) is 19.5. The molecule has 0 saturated heterocycles. The second-order valence-corrected chi connectivity index (χ2v) is 8.87. The highest BCUT2D eigenvalue weighted by atomic mass is 35.5.